The van der Waals surface area contributed by atoms with E-state index in [1.165, 1.54) is 244 Å². The molecule has 0 aromatic rings. The molecule has 0 heterocycles. The number of aliphatic carboxylic acids is 1. The third kappa shape index (κ3) is 84.8. The van der Waals surface area contributed by atoms with E-state index in [1.54, 1.807) is 0 Å². The fourth-order valence-corrected chi connectivity index (χ4v) is 12.6. The van der Waals surface area contributed by atoms with E-state index in [0.29, 0.717) is 17.4 Å². The van der Waals surface area contributed by atoms with E-state index in [1.807, 2.05) is 21.1 Å². The number of carboxylic acid groups (broad SMARTS) is 1. The number of carbonyl (C=O) groups is 3. The molecule has 2 unspecified atom stereocenters. The first-order chi connectivity index (χ1) is 50.6. The predicted octanol–water partition coefficient (Wildman–Crippen LogP) is 27.3. The predicted molar refractivity (Wildman–Crippen MR) is 444 cm³/mol. The fourth-order valence-electron chi connectivity index (χ4n) is 12.6. The minimum Gasteiger partial charge on any atom is -0.545 e. The first-order valence-corrected chi connectivity index (χ1v) is 43.7. The second-order valence-electron chi connectivity index (χ2n) is 30.5. The highest BCUT2D eigenvalue weighted by Crippen LogP contribution is 2.20. The van der Waals surface area contributed by atoms with Gasteiger partial charge in [0.15, 0.2) is 12.4 Å². The van der Waals surface area contributed by atoms with Crippen molar-refractivity contribution >= 4 is 17.9 Å². The fraction of sp³-hybridized carbons (Fsp3) is 0.755. The van der Waals surface area contributed by atoms with Crippen molar-refractivity contribution in [1.82, 2.24) is 0 Å². The van der Waals surface area contributed by atoms with Crippen LogP contribution in [-0.4, -0.2) is 82.3 Å². The van der Waals surface area contributed by atoms with Crippen molar-refractivity contribution in [3.63, 3.8) is 0 Å². The minimum atomic E-state index is -1.63. The molecule has 594 valence electrons. The van der Waals surface area contributed by atoms with Gasteiger partial charge in [0, 0.05) is 12.8 Å². The third-order valence-electron chi connectivity index (χ3n) is 19.2. The van der Waals surface area contributed by atoms with Crippen LogP contribution >= 0.6 is 0 Å². The van der Waals surface area contributed by atoms with Crippen molar-refractivity contribution in [3.05, 3.63) is 122 Å². The van der Waals surface area contributed by atoms with Gasteiger partial charge in [-0.1, -0.05) is 418 Å². The summed E-state index contributed by atoms with van der Waals surface area (Å²) in [5, 5.41) is 11.9. The topological polar surface area (TPSA) is 111 Å². The number of carboxylic acids is 1. The van der Waals surface area contributed by atoms with Gasteiger partial charge in [0.05, 0.1) is 40.3 Å². The Labute approximate surface area is 637 Å². The van der Waals surface area contributed by atoms with Crippen molar-refractivity contribution in [2.24, 2.45) is 0 Å². The van der Waals surface area contributed by atoms with Crippen molar-refractivity contribution < 1.29 is 42.9 Å². The number of hydrogen-bond donors (Lipinski definition) is 0. The van der Waals surface area contributed by atoms with Crippen molar-refractivity contribution in [1.29, 1.82) is 0 Å². The number of likely N-dealkylation sites (N-methyl/N-ethyl adjacent to an activating group) is 1. The van der Waals surface area contributed by atoms with E-state index in [0.717, 1.165) is 122 Å². The Morgan fingerprint density at radius 2 is 0.553 bits per heavy atom. The van der Waals surface area contributed by atoms with Crippen molar-refractivity contribution in [2.45, 2.75) is 411 Å². The van der Waals surface area contributed by atoms with E-state index in [-0.39, 0.29) is 38.6 Å². The Bertz CT molecular complexity index is 2120. The van der Waals surface area contributed by atoms with Gasteiger partial charge < -0.3 is 33.3 Å². The summed E-state index contributed by atoms with van der Waals surface area (Å²) in [6.07, 6.45) is 116. The molecule has 0 aromatic carbocycles. The van der Waals surface area contributed by atoms with Crippen LogP contribution < -0.4 is 5.11 Å². The SMILES string of the molecule is CC/C=C\C/C=C\C/C=C\C/C=C\C/C=C\C/C=C\C/C=C\C/C=C\C/C=C\C/C=C\CCCCCCCCC(=O)OC(COC(=O)CCCCCCCCCCCCCCCCCCCCCCCCCCCCCCCCCCCCCCCCCCC)COC(OCC[N+](C)(C)C)C(=O)[O-]. The van der Waals surface area contributed by atoms with Crippen LogP contribution in [0, 0.1) is 0 Å². The Morgan fingerprint density at radius 3 is 0.825 bits per heavy atom. The van der Waals surface area contributed by atoms with Gasteiger partial charge in [0.2, 0.25) is 0 Å². The van der Waals surface area contributed by atoms with Crippen LogP contribution in [0.5, 0.6) is 0 Å². The Hall–Kier alpha value is -4.31. The molecule has 9 heteroatoms. The van der Waals surface area contributed by atoms with Crippen LogP contribution in [0.25, 0.3) is 0 Å². The maximum atomic E-state index is 13.0. The number of nitrogens with zero attached hydrogens (tertiary/aromatic N) is 1. The number of ether oxygens (including phenoxy) is 4. The maximum absolute atomic E-state index is 13.0. The molecule has 0 aliphatic heterocycles. The number of rotatable bonds is 81. The molecule has 9 nitrogen and oxygen atoms in total. The summed E-state index contributed by atoms with van der Waals surface area (Å²) in [4.78, 5) is 37.7. The van der Waals surface area contributed by atoms with Crippen molar-refractivity contribution in [2.75, 3.05) is 47.5 Å². The molecule has 0 aliphatic rings. The summed E-state index contributed by atoms with van der Waals surface area (Å²) in [5.41, 5.74) is 0. The second-order valence-corrected chi connectivity index (χ2v) is 30.5. The summed E-state index contributed by atoms with van der Waals surface area (Å²) < 4.78 is 22.9. The molecule has 0 spiro atoms. The van der Waals surface area contributed by atoms with Gasteiger partial charge in [0.1, 0.15) is 13.2 Å². The zero-order valence-electron chi connectivity index (χ0n) is 68.2. The molecule has 0 aliphatic carbocycles. The van der Waals surface area contributed by atoms with Crippen LogP contribution in [0.2, 0.25) is 0 Å². The number of hydrogen-bond acceptors (Lipinski definition) is 8. The average molecular weight is 1440 g/mol. The van der Waals surface area contributed by atoms with E-state index < -0.39 is 24.3 Å². The van der Waals surface area contributed by atoms with Crippen LogP contribution in [0.3, 0.4) is 0 Å². The van der Waals surface area contributed by atoms with Gasteiger partial charge in [-0.05, 0) is 89.9 Å². The van der Waals surface area contributed by atoms with Gasteiger partial charge in [-0.2, -0.15) is 0 Å². The monoisotopic (exact) mass is 1440 g/mol. The molecular formula is C94H165NO8. The van der Waals surface area contributed by atoms with Crippen molar-refractivity contribution in [3.8, 4) is 0 Å². The lowest BCUT2D eigenvalue weighted by atomic mass is 10.0. The third-order valence-corrected chi connectivity index (χ3v) is 19.2. The molecule has 0 N–H and O–H groups in total. The van der Waals surface area contributed by atoms with Gasteiger partial charge in [-0.25, -0.2) is 0 Å². The van der Waals surface area contributed by atoms with E-state index in [2.05, 4.69) is 135 Å². The largest absolute Gasteiger partial charge is 0.545 e. The zero-order chi connectivity index (χ0) is 74.6. The molecule has 0 bridgehead atoms. The number of allylic oxidation sites excluding steroid dienone is 20. The van der Waals surface area contributed by atoms with Crippen LogP contribution in [-0.2, 0) is 33.3 Å². The maximum Gasteiger partial charge on any atom is 0.306 e. The quantitative estimate of drug-likeness (QED) is 0.0195. The molecule has 0 fully saturated rings. The molecule has 0 amide bonds. The highest BCUT2D eigenvalue weighted by atomic mass is 16.7. The van der Waals surface area contributed by atoms with Gasteiger partial charge in [-0.15, -0.1) is 0 Å². The molecule has 2 atom stereocenters. The zero-order valence-corrected chi connectivity index (χ0v) is 68.2. The van der Waals surface area contributed by atoms with E-state index >= 15 is 0 Å². The molecular weight excluding hydrogens is 1270 g/mol. The first kappa shape index (κ1) is 98.7. The normalized spacial score (nSPS) is 13.2. The van der Waals surface area contributed by atoms with E-state index in [9.17, 15) is 19.5 Å². The second kappa shape index (κ2) is 83.3. The Kier molecular flexibility index (Phi) is 79.8. The number of esters is 2. The Balaban J connectivity index is 4.01. The highest BCUT2D eigenvalue weighted by Gasteiger charge is 2.22. The summed E-state index contributed by atoms with van der Waals surface area (Å²) >= 11 is 0. The van der Waals surface area contributed by atoms with Crippen LogP contribution in [0.15, 0.2) is 122 Å². The lowest BCUT2D eigenvalue weighted by Gasteiger charge is -2.26. The molecule has 0 aromatic heterocycles. The summed E-state index contributed by atoms with van der Waals surface area (Å²) in [5.74, 6) is -2.29. The standard InChI is InChI=1S/C94H165NO8/c1-6-8-10-12-14-16-18-20-22-24-26-28-30-32-34-36-38-40-42-44-45-46-47-49-50-52-54-56-58-60-62-64-66-68-70-72-74-76-78-80-82-84-91(96)101-88-90(89-102-94(93(98)99)100-87-86-95(3,4)5)103-92(97)85-83-81-79-77-75-73-71-69-67-65-63-61-59-57-55-53-51-48-43-41-39-37-35-33-31-29-27-25-23-21-19-17-15-13-11-9-7-2/h9,11,15,17,21,23,27,29,33,35,39,41,48,51,55,57,61,63,67,69,90,94H,6-8,10,12-14,16,18-20,22,24-26,28,30-32,34,36-38,40,42-47,49-50,52-54,56,58-60,62,64-66,68,70-89H2,1-5H3/b11-9-,17-15-,23-21-,29-27-,35-33-,41-39-,51-48-,57-55-,63-61-,69-67-. The molecule has 0 rings (SSSR count). The van der Waals surface area contributed by atoms with Gasteiger partial charge in [-0.3, -0.25) is 9.59 Å². The van der Waals surface area contributed by atoms with Gasteiger partial charge >= 0.3 is 11.9 Å². The highest BCUT2D eigenvalue weighted by molar-refractivity contribution is 5.70. The first-order valence-electron chi connectivity index (χ1n) is 43.7. The lowest BCUT2D eigenvalue weighted by molar-refractivity contribution is -0.870. The van der Waals surface area contributed by atoms with Crippen LogP contribution in [0.1, 0.15) is 399 Å². The Morgan fingerprint density at radius 1 is 0.301 bits per heavy atom. The van der Waals surface area contributed by atoms with Crippen LogP contribution in [0.4, 0.5) is 0 Å². The summed E-state index contributed by atoms with van der Waals surface area (Å²) in [7, 11) is 5.93. The number of unbranched alkanes of at least 4 members (excludes halogenated alkanes) is 46. The molecule has 0 radical (unpaired) electrons. The smallest absolute Gasteiger partial charge is 0.306 e. The number of quaternary nitrogens is 1. The number of carbonyl (C=O) groups excluding carboxylic acids is 3. The van der Waals surface area contributed by atoms with Gasteiger partial charge in [0.25, 0.3) is 0 Å². The minimum absolute atomic E-state index is 0.140. The lowest BCUT2D eigenvalue weighted by Crippen LogP contribution is -2.44. The summed E-state index contributed by atoms with van der Waals surface area (Å²) in [6, 6.07) is 0. The molecule has 0 saturated heterocycles. The van der Waals surface area contributed by atoms with E-state index in [4.69, 9.17) is 18.9 Å². The molecule has 0 saturated carbocycles. The summed E-state index contributed by atoms with van der Waals surface area (Å²) in [6.45, 7) is 4.66. The average Bonchev–Trinajstić information content (AvgIpc) is 1.16. The molecule has 103 heavy (non-hydrogen) atoms.